The van der Waals surface area contributed by atoms with Gasteiger partial charge in [-0.3, -0.25) is 0 Å². The predicted octanol–water partition coefficient (Wildman–Crippen LogP) is 8.05. The minimum atomic E-state index is 0.964. The van der Waals surface area contributed by atoms with E-state index < -0.39 is 0 Å². The van der Waals surface area contributed by atoms with Crippen LogP contribution in [0.5, 0.6) is 0 Å². The van der Waals surface area contributed by atoms with Crippen LogP contribution in [0.25, 0.3) is 28.0 Å². The summed E-state index contributed by atoms with van der Waals surface area (Å²) in [6, 6.07) is 22.8. The fraction of sp³-hybridized carbons (Fsp3) is 0.143. The standard InChI is InChI=1S/C10H10.2C9H8O/c1-8-4-2-5-9-6-3-7-10(8)9;1-7-2-3-9-8(6-7)4-5-10-9;1-7-2-3-8-4-5-10-9(8)6-7/h2-5,7H,6H2,1H3;2*2-6H,1H3. The number of allylic oxidation sites excluding steroid dienone is 1. The van der Waals surface area contributed by atoms with Gasteiger partial charge in [-0.2, -0.15) is 0 Å². The van der Waals surface area contributed by atoms with E-state index in [1.807, 2.05) is 30.3 Å². The minimum Gasteiger partial charge on any atom is -0.464 e. The summed E-state index contributed by atoms with van der Waals surface area (Å²) in [6.07, 6.45) is 8.98. The van der Waals surface area contributed by atoms with Crippen LogP contribution in [0, 0.1) is 20.8 Å². The normalized spacial score (nSPS) is 11.6. The van der Waals surface area contributed by atoms with Crippen molar-refractivity contribution in [3.8, 4) is 0 Å². The third kappa shape index (κ3) is 4.55. The lowest BCUT2D eigenvalue weighted by molar-refractivity contribution is 0.615. The second-order valence-corrected chi connectivity index (χ2v) is 7.68. The van der Waals surface area contributed by atoms with Gasteiger partial charge in [-0.1, -0.05) is 54.1 Å². The molecule has 150 valence electrons. The molecule has 0 unspecified atom stereocenters. The summed E-state index contributed by atoms with van der Waals surface area (Å²) >= 11 is 0. The average molecular weight is 395 g/mol. The highest BCUT2D eigenvalue weighted by molar-refractivity contribution is 5.78. The Morgan fingerprint density at radius 2 is 1.40 bits per heavy atom. The molecule has 1 aliphatic rings. The van der Waals surface area contributed by atoms with Crippen LogP contribution in [-0.2, 0) is 6.42 Å². The molecule has 0 aliphatic heterocycles. The molecule has 0 radical (unpaired) electrons. The highest BCUT2D eigenvalue weighted by Gasteiger charge is 2.04. The van der Waals surface area contributed by atoms with Crippen molar-refractivity contribution < 1.29 is 8.83 Å². The van der Waals surface area contributed by atoms with Crippen LogP contribution in [0.1, 0.15) is 27.8 Å². The van der Waals surface area contributed by atoms with Crippen LogP contribution in [0.2, 0.25) is 0 Å². The summed E-state index contributed by atoms with van der Waals surface area (Å²) in [5.74, 6) is 0. The van der Waals surface area contributed by atoms with Crippen LogP contribution in [-0.4, -0.2) is 0 Å². The van der Waals surface area contributed by atoms with E-state index in [0.717, 1.165) is 17.6 Å². The first kappa shape index (κ1) is 19.8. The number of furan rings is 2. The van der Waals surface area contributed by atoms with Crippen LogP contribution in [0.3, 0.4) is 0 Å². The number of rotatable bonds is 0. The quantitative estimate of drug-likeness (QED) is 0.265. The van der Waals surface area contributed by atoms with Gasteiger partial charge in [-0.05, 0) is 79.8 Å². The zero-order valence-electron chi connectivity index (χ0n) is 17.7. The molecule has 30 heavy (non-hydrogen) atoms. The Labute approximate surface area is 177 Å². The third-order valence-corrected chi connectivity index (χ3v) is 5.26. The van der Waals surface area contributed by atoms with Gasteiger partial charge in [0.1, 0.15) is 11.2 Å². The van der Waals surface area contributed by atoms with Crippen molar-refractivity contribution in [3.05, 3.63) is 113 Å². The fourth-order valence-electron chi connectivity index (χ4n) is 3.61. The molecule has 5 aromatic rings. The number of hydrogen-bond acceptors (Lipinski definition) is 2. The third-order valence-electron chi connectivity index (χ3n) is 5.26. The lowest BCUT2D eigenvalue weighted by Crippen LogP contribution is -1.83. The smallest absolute Gasteiger partial charge is 0.134 e. The lowest BCUT2D eigenvalue weighted by atomic mass is 10.1. The summed E-state index contributed by atoms with van der Waals surface area (Å²) in [7, 11) is 0. The molecular formula is C28H26O2. The van der Waals surface area contributed by atoms with Gasteiger partial charge in [-0.25, -0.2) is 0 Å². The van der Waals surface area contributed by atoms with Crippen molar-refractivity contribution in [2.45, 2.75) is 27.2 Å². The highest BCUT2D eigenvalue weighted by Crippen LogP contribution is 2.22. The first-order valence-electron chi connectivity index (χ1n) is 10.2. The summed E-state index contributed by atoms with van der Waals surface area (Å²) in [5, 5.41) is 2.35. The second-order valence-electron chi connectivity index (χ2n) is 7.68. The van der Waals surface area contributed by atoms with Gasteiger partial charge in [0.25, 0.3) is 0 Å². The number of hydrogen-bond donors (Lipinski definition) is 0. The molecular weight excluding hydrogens is 368 g/mol. The molecule has 0 N–H and O–H groups in total. The van der Waals surface area contributed by atoms with Crippen LogP contribution >= 0.6 is 0 Å². The van der Waals surface area contributed by atoms with E-state index in [-0.39, 0.29) is 0 Å². The number of aryl methyl sites for hydroxylation is 3. The summed E-state index contributed by atoms with van der Waals surface area (Å²) in [4.78, 5) is 0. The minimum absolute atomic E-state index is 0.964. The van der Waals surface area contributed by atoms with Crippen molar-refractivity contribution in [1.82, 2.24) is 0 Å². The Morgan fingerprint density at radius 1 is 0.667 bits per heavy atom. The van der Waals surface area contributed by atoms with Gasteiger partial charge in [0.2, 0.25) is 0 Å². The Hall–Kier alpha value is -3.52. The SMILES string of the molecule is Cc1ccc2ccoc2c1.Cc1ccc2occc2c1.Cc1cccc2c1C=CC2. The Balaban J connectivity index is 0.000000109. The van der Waals surface area contributed by atoms with Gasteiger partial charge in [0.15, 0.2) is 0 Å². The number of benzene rings is 3. The van der Waals surface area contributed by atoms with E-state index in [1.165, 1.54) is 38.6 Å². The Morgan fingerprint density at radius 3 is 2.23 bits per heavy atom. The molecule has 6 rings (SSSR count). The molecule has 0 amide bonds. The van der Waals surface area contributed by atoms with Crippen molar-refractivity contribution >= 4 is 28.0 Å². The molecule has 0 bridgehead atoms. The molecule has 2 heterocycles. The van der Waals surface area contributed by atoms with Crippen molar-refractivity contribution in [1.29, 1.82) is 0 Å². The molecule has 0 fully saturated rings. The summed E-state index contributed by atoms with van der Waals surface area (Å²) in [5.41, 5.74) is 8.75. The zero-order chi connectivity index (χ0) is 20.9. The first-order valence-corrected chi connectivity index (χ1v) is 10.2. The largest absolute Gasteiger partial charge is 0.464 e. The summed E-state index contributed by atoms with van der Waals surface area (Å²) in [6.45, 7) is 6.29. The molecule has 0 atom stereocenters. The van der Waals surface area contributed by atoms with Gasteiger partial charge >= 0.3 is 0 Å². The lowest BCUT2D eigenvalue weighted by Gasteiger charge is -2.00. The first-order chi connectivity index (χ1) is 14.6. The molecule has 2 nitrogen and oxygen atoms in total. The van der Waals surface area contributed by atoms with Gasteiger partial charge < -0.3 is 8.83 Å². The van der Waals surface area contributed by atoms with Crippen LogP contribution < -0.4 is 0 Å². The monoisotopic (exact) mass is 394 g/mol. The number of fused-ring (bicyclic) bond motifs is 3. The molecule has 0 spiro atoms. The fourth-order valence-corrected chi connectivity index (χ4v) is 3.61. The van der Waals surface area contributed by atoms with Crippen molar-refractivity contribution in [2.75, 3.05) is 0 Å². The topological polar surface area (TPSA) is 26.3 Å². The van der Waals surface area contributed by atoms with Crippen molar-refractivity contribution in [2.24, 2.45) is 0 Å². The maximum atomic E-state index is 5.20. The molecule has 2 aromatic heterocycles. The second kappa shape index (κ2) is 8.87. The maximum absolute atomic E-state index is 5.20. The van der Waals surface area contributed by atoms with Crippen LogP contribution in [0.15, 0.2) is 94.2 Å². The zero-order valence-corrected chi connectivity index (χ0v) is 17.7. The average Bonchev–Trinajstić information content (AvgIpc) is 3.49. The van der Waals surface area contributed by atoms with E-state index >= 15 is 0 Å². The van der Waals surface area contributed by atoms with E-state index in [2.05, 4.69) is 69.3 Å². The molecule has 1 aliphatic carbocycles. The van der Waals surface area contributed by atoms with Gasteiger partial charge in [0, 0.05) is 10.8 Å². The molecule has 2 heteroatoms. The summed E-state index contributed by atoms with van der Waals surface area (Å²) < 4.78 is 10.4. The Bertz CT molecular complexity index is 1230. The van der Waals surface area contributed by atoms with Gasteiger partial charge in [0.05, 0.1) is 12.5 Å². The molecule has 3 aromatic carbocycles. The van der Waals surface area contributed by atoms with Gasteiger partial charge in [-0.15, -0.1) is 0 Å². The van der Waals surface area contributed by atoms with Crippen molar-refractivity contribution in [3.63, 3.8) is 0 Å². The predicted molar refractivity (Wildman–Crippen MR) is 126 cm³/mol. The molecule has 0 saturated carbocycles. The highest BCUT2D eigenvalue weighted by atomic mass is 16.3. The Kier molecular flexibility index (Phi) is 5.85. The van der Waals surface area contributed by atoms with E-state index in [9.17, 15) is 0 Å². The van der Waals surface area contributed by atoms with E-state index in [1.54, 1.807) is 12.5 Å². The maximum Gasteiger partial charge on any atom is 0.134 e. The molecule has 0 saturated heterocycles. The van der Waals surface area contributed by atoms with Crippen LogP contribution in [0.4, 0.5) is 0 Å². The van der Waals surface area contributed by atoms with E-state index in [4.69, 9.17) is 8.83 Å². The van der Waals surface area contributed by atoms with E-state index in [0.29, 0.717) is 0 Å².